The third-order valence-corrected chi connectivity index (χ3v) is 3.83. The second-order valence-electron chi connectivity index (χ2n) is 4.38. The van der Waals surface area contributed by atoms with E-state index in [0.717, 1.165) is 0 Å². The Balaban J connectivity index is 2.49. The molecule has 0 aliphatic carbocycles. The highest BCUT2D eigenvalue weighted by Gasteiger charge is 2.16. The first-order chi connectivity index (χ1) is 9.40. The van der Waals surface area contributed by atoms with E-state index in [0.29, 0.717) is 21.6 Å². The minimum atomic E-state index is -0.462. The van der Waals surface area contributed by atoms with E-state index in [2.05, 4.69) is 20.9 Å². The molecule has 6 nitrogen and oxygen atoms in total. The molecule has 2 rings (SSSR count). The average Bonchev–Trinajstić information content (AvgIpc) is 2.35. The molecule has 1 aromatic carbocycles. The van der Waals surface area contributed by atoms with Crippen LogP contribution in [0.2, 0.25) is 0 Å². The molecule has 0 N–H and O–H groups in total. The van der Waals surface area contributed by atoms with Crippen molar-refractivity contribution in [1.82, 2.24) is 9.55 Å². The van der Waals surface area contributed by atoms with Gasteiger partial charge in [0.15, 0.2) is 0 Å². The lowest BCUT2D eigenvalue weighted by atomic mass is 10.2. The van der Waals surface area contributed by atoms with Crippen LogP contribution in [0.15, 0.2) is 33.5 Å². The normalized spacial score (nSPS) is 10.6. The number of hydrogen-bond acceptors (Lipinski definition) is 4. The number of aryl methyl sites for hydroxylation is 2. The lowest BCUT2D eigenvalue weighted by Gasteiger charge is -2.11. The molecule has 0 atom stereocenters. The Bertz CT molecular complexity index is 740. The largest absolute Gasteiger partial charge is 0.292 e. The summed E-state index contributed by atoms with van der Waals surface area (Å²) < 4.78 is 1.87. The highest BCUT2D eigenvalue weighted by molar-refractivity contribution is 9.10. The van der Waals surface area contributed by atoms with Crippen LogP contribution in [0.5, 0.6) is 0 Å². The lowest BCUT2D eigenvalue weighted by molar-refractivity contribution is -0.385. The molecule has 0 aliphatic heterocycles. The number of rotatable bonds is 3. The van der Waals surface area contributed by atoms with Gasteiger partial charge in [0.05, 0.1) is 11.5 Å². The SMILES string of the molecule is Cc1cc(=O)n(Cc2cccc([N+](=O)[O-])c2Br)c(C)n1. The summed E-state index contributed by atoms with van der Waals surface area (Å²) in [7, 11) is 0. The third-order valence-electron chi connectivity index (χ3n) is 2.91. The molecule has 20 heavy (non-hydrogen) atoms. The Hall–Kier alpha value is -2.02. The maximum Gasteiger partial charge on any atom is 0.283 e. The molecule has 0 aliphatic rings. The van der Waals surface area contributed by atoms with Crippen molar-refractivity contribution in [3.8, 4) is 0 Å². The summed E-state index contributed by atoms with van der Waals surface area (Å²) in [5, 5.41) is 10.9. The quantitative estimate of drug-likeness (QED) is 0.637. The molecule has 0 saturated carbocycles. The van der Waals surface area contributed by atoms with Gasteiger partial charge in [-0.25, -0.2) is 4.98 Å². The zero-order chi connectivity index (χ0) is 14.9. The fraction of sp³-hybridized carbons (Fsp3) is 0.231. The number of halogens is 1. The highest BCUT2D eigenvalue weighted by atomic mass is 79.9. The Labute approximate surface area is 123 Å². The number of benzene rings is 1. The van der Waals surface area contributed by atoms with Crippen molar-refractivity contribution in [1.29, 1.82) is 0 Å². The maximum atomic E-state index is 12.0. The topological polar surface area (TPSA) is 78.0 Å². The van der Waals surface area contributed by atoms with Crippen LogP contribution in [0.1, 0.15) is 17.1 Å². The van der Waals surface area contributed by atoms with E-state index >= 15 is 0 Å². The molecule has 0 spiro atoms. The summed E-state index contributed by atoms with van der Waals surface area (Å²) in [6.45, 7) is 3.72. The maximum absolute atomic E-state index is 12.0. The van der Waals surface area contributed by atoms with Gasteiger partial charge in [-0.2, -0.15) is 0 Å². The number of hydrogen-bond donors (Lipinski definition) is 0. The average molecular weight is 338 g/mol. The standard InChI is InChI=1S/C13H12BrN3O3/c1-8-6-12(18)16(9(2)15-8)7-10-4-3-5-11(13(10)14)17(19)20/h3-6H,7H2,1-2H3. The third kappa shape index (κ3) is 2.77. The van der Waals surface area contributed by atoms with Crippen molar-refractivity contribution < 1.29 is 4.92 Å². The first-order valence-corrected chi connectivity index (χ1v) is 6.66. The van der Waals surface area contributed by atoms with Crippen molar-refractivity contribution >= 4 is 21.6 Å². The van der Waals surface area contributed by atoms with Crippen molar-refractivity contribution in [2.75, 3.05) is 0 Å². The van der Waals surface area contributed by atoms with Crippen LogP contribution in [0.4, 0.5) is 5.69 Å². The van der Waals surface area contributed by atoms with Crippen LogP contribution in [0.25, 0.3) is 0 Å². The van der Waals surface area contributed by atoms with Crippen LogP contribution in [0, 0.1) is 24.0 Å². The first kappa shape index (κ1) is 14.4. The van der Waals surface area contributed by atoms with Gasteiger partial charge < -0.3 is 0 Å². The Morgan fingerprint density at radius 3 is 2.70 bits per heavy atom. The first-order valence-electron chi connectivity index (χ1n) is 5.87. The summed E-state index contributed by atoms with van der Waals surface area (Å²) in [6.07, 6.45) is 0. The van der Waals surface area contributed by atoms with E-state index in [1.54, 1.807) is 26.0 Å². The summed E-state index contributed by atoms with van der Waals surface area (Å²) in [5.41, 5.74) is 1.12. The smallest absolute Gasteiger partial charge is 0.283 e. The second-order valence-corrected chi connectivity index (χ2v) is 5.17. The van der Waals surface area contributed by atoms with Crippen LogP contribution < -0.4 is 5.56 Å². The van der Waals surface area contributed by atoms with Gasteiger partial charge in [0.2, 0.25) is 0 Å². The van der Waals surface area contributed by atoms with Crippen LogP contribution >= 0.6 is 15.9 Å². The Kier molecular flexibility index (Phi) is 3.99. The number of nitro groups is 1. The molecule has 0 fully saturated rings. The summed E-state index contributed by atoms with van der Waals surface area (Å²) in [4.78, 5) is 26.6. The predicted molar refractivity (Wildman–Crippen MR) is 77.9 cm³/mol. The molecule has 0 radical (unpaired) electrons. The summed E-state index contributed by atoms with van der Waals surface area (Å²) in [5.74, 6) is 0.577. The van der Waals surface area contributed by atoms with Crippen LogP contribution in [0.3, 0.4) is 0 Å². The zero-order valence-corrected chi connectivity index (χ0v) is 12.5. The minimum Gasteiger partial charge on any atom is -0.292 e. The molecule has 0 amide bonds. The van der Waals surface area contributed by atoms with E-state index in [9.17, 15) is 14.9 Å². The fourth-order valence-corrected chi connectivity index (χ4v) is 2.49. The Morgan fingerprint density at radius 2 is 2.10 bits per heavy atom. The van der Waals surface area contributed by atoms with Crippen molar-refractivity contribution in [2.45, 2.75) is 20.4 Å². The van der Waals surface area contributed by atoms with E-state index in [4.69, 9.17) is 0 Å². The summed E-state index contributed by atoms with van der Waals surface area (Å²) in [6, 6.07) is 6.19. The van der Waals surface area contributed by atoms with E-state index < -0.39 is 4.92 Å². The molecule has 2 aromatic rings. The second kappa shape index (κ2) is 5.54. The van der Waals surface area contributed by atoms with E-state index in [-0.39, 0.29) is 17.8 Å². The molecule has 0 bridgehead atoms. The van der Waals surface area contributed by atoms with Crippen LogP contribution in [-0.4, -0.2) is 14.5 Å². The molecule has 0 saturated heterocycles. The van der Waals surface area contributed by atoms with Gasteiger partial charge in [0, 0.05) is 17.8 Å². The van der Waals surface area contributed by atoms with Crippen molar-refractivity contribution in [3.05, 3.63) is 66.3 Å². The van der Waals surface area contributed by atoms with Gasteiger partial charge in [-0.3, -0.25) is 19.5 Å². The van der Waals surface area contributed by atoms with E-state index in [1.165, 1.54) is 16.7 Å². The van der Waals surface area contributed by atoms with Crippen molar-refractivity contribution in [2.24, 2.45) is 0 Å². The molecule has 104 valence electrons. The fourth-order valence-electron chi connectivity index (χ4n) is 1.96. The molecule has 1 heterocycles. The highest BCUT2D eigenvalue weighted by Crippen LogP contribution is 2.28. The predicted octanol–water partition coefficient (Wildman–Crippen LogP) is 2.58. The van der Waals surface area contributed by atoms with E-state index in [1.807, 2.05) is 0 Å². The van der Waals surface area contributed by atoms with Gasteiger partial charge in [0.1, 0.15) is 10.3 Å². The monoisotopic (exact) mass is 337 g/mol. The Morgan fingerprint density at radius 1 is 1.40 bits per heavy atom. The van der Waals surface area contributed by atoms with Gasteiger partial charge >= 0.3 is 0 Å². The molecule has 7 heteroatoms. The number of nitro benzene ring substituents is 1. The zero-order valence-electron chi connectivity index (χ0n) is 11.0. The van der Waals surface area contributed by atoms with Gasteiger partial charge in [-0.15, -0.1) is 0 Å². The number of nitrogens with zero attached hydrogens (tertiary/aromatic N) is 3. The van der Waals surface area contributed by atoms with Crippen molar-refractivity contribution in [3.63, 3.8) is 0 Å². The van der Waals surface area contributed by atoms with Crippen LogP contribution in [-0.2, 0) is 6.54 Å². The number of aromatic nitrogens is 2. The van der Waals surface area contributed by atoms with Gasteiger partial charge in [0.25, 0.3) is 11.2 Å². The summed E-state index contributed by atoms with van der Waals surface area (Å²) >= 11 is 3.23. The molecule has 1 aromatic heterocycles. The molecule has 0 unspecified atom stereocenters. The van der Waals surface area contributed by atoms with Gasteiger partial charge in [-0.1, -0.05) is 12.1 Å². The van der Waals surface area contributed by atoms with Gasteiger partial charge in [-0.05, 0) is 35.3 Å². The lowest BCUT2D eigenvalue weighted by Crippen LogP contribution is -2.24. The molecular weight excluding hydrogens is 326 g/mol. The molecular formula is C13H12BrN3O3. The minimum absolute atomic E-state index is 0.0201.